The smallest absolute Gasteiger partial charge is 0.399 e. The summed E-state index contributed by atoms with van der Waals surface area (Å²) < 4.78 is 14.0. The van der Waals surface area contributed by atoms with Gasteiger partial charge in [0.15, 0.2) is 0 Å². The third kappa shape index (κ3) is 2.70. The lowest BCUT2D eigenvalue weighted by Crippen LogP contribution is -2.41. The van der Waals surface area contributed by atoms with Crippen LogP contribution >= 0.6 is 27.3 Å². The average molecular weight is 366 g/mol. The normalized spacial score (nSPS) is 20.0. The fourth-order valence-corrected chi connectivity index (χ4v) is 3.76. The first kappa shape index (κ1) is 15.2. The van der Waals surface area contributed by atoms with Crippen molar-refractivity contribution in [3.63, 3.8) is 0 Å². The van der Waals surface area contributed by atoms with Crippen molar-refractivity contribution in [2.75, 3.05) is 0 Å². The molecule has 0 aliphatic carbocycles. The highest BCUT2D eigenvalue weighted by Crippen LogP contribution is 2.38. The van der Waals surface area contributed by atoms with E-state index in [1.807, 2.05) is 18.2 Å². The van der Waals surface area contributed by atoms with Crippen LogP contribution in [0.25, 0.3) is 10.6 Å². The molecule has 110 valence electrons. The number of thiazole rings is 1. The molecule has 0 unspecified atom stereocenters. The zero-order valence-electron chi connectivity index (χ0n) is 12.5. The molecular formula is C15H17BBrNO2S. The molecule has 0 spiro atoms. The minimum absolute atomic E-state index is 0.339. The van der Waals surface area contributed by atoms with Crippen LogP contribution in [0.2, 0.25) is 0 Å². The van der Waals surface area contributed by atoms with E-state index in [4.69, 9.17) is 9.31 Å². The molecule has 1 aromatic heterocycles. The standard InChI is InChI=1S/C15H17BBrNO2S/c1-14(2)15(3,4)20-16(19-14)11-12(17)18-13(21-11)10-8-6-5-7-9-10/h5-9H,1-4H3. The van der Waals surface area contributed by atoms with E-state index < -0.39 is 0 Å². The molecule has 0 saturated carbocycles. The van der Waals surface area contributed by atoms with Crippen LogP contribution in [0.4, 0.5) is 0 Å². The van der Waals surface area contributed by atoms with E-state index in [-0.39, 0.29) is 18.3 Å². The number of benzene rings is 1. The Balaban J connectivity index is 1.93. The van der Waals surface area contributed by atoms with Gasteiger partial charge in [0, 0.05) is 5.56 Å². The number of hydrogen-bond acceptors (Lipinski definition) is 4. The number of rotatable bonds is 2. The van der Waals surface area contributed by atoms with Crippen molar-refractivity contribution in [1.82, 2.24) is 4.98 Å². The maximum Gasteiger partial charge on any atom is 0.508 e. The van der Waals surface area contributed by atoms with E-state index >= 15 is 0 Å². The molecule has 1 saturated heterocycles. The first-order valence-electron chi connectivity index (χ1n) is 6.87. The predicted molar refractivity (Wildman–Crippen MR) is 91.0 cm³/mol. The summed E-state index contributed by atoms with van der Waals surface area (Å²) in [5.41, 5.74) is 0.424. The first-order chi connectivity index (χ1) is 9.80. The molecule has 0 bridgehead atoms. The Labute approximate surface area is 138 Å². The van der Waals surface area contributed by atoms with Gasteiger partial charge in [-0.1, -0.05) is 30.3 Å². The van der Waals surface area contributed by atoms with Gasteiger partial charge in [-0.25, -0.2) is 4.98 Å². The summed E-state index contributed by atoms with van der Waals surface area (Å²) in [7, 11) is -0.376. The van der Waals surface area contributed by atoms with Crippen molar-refractivity contribution in [2.24, 2.45) is 0 Å². The summed E-state index contributed by atoms with van der Waals surface area (Å²) >= 11 is 5.14. The molecule has 0 amide bonds. The van der Waals surface area contributed by atoms with Crippen LogP contribution in [0.1, 0.15) is 27.7 Å². The van der Waals surface area contributed by atoms with Crippen LogP contribution in [-0.4, -0.2) is 23.3 Å². The van der Waals surface area contributed by atoms with E-state index in [0.29, 0.717) is 0 Å². The Morgan fingerprint density at radius 1 is 1.05 bits per heavy atom. The highest BCUT2D eigenvalue weighted by Gasteiger charge is 2.53. The Morgan fingerprint density at radius 2 is 1.62 bits per heavy atom. The maximum absolute atomic E-state index is 6.10. The third-order valence-corrected chi connectivity index (χ3v) is 6.09. The Bertz CT molecular complexity index is 641. The van der Waals surface area contributed by atoms with Gasteiger partial charge in [-0.2, -0.15) is 0 Å². The molecule has 3 nitrogen and oxygen atoms in total. The number of halogens is 1. The van der Waals surface area contributed by atoms with E-state index in [0.717, 1.165) is 20.0 Å². The van der Waals surface area contributed by atoms with Crippen LogP contribution in [-0.2, 0) is 9.31 Å². The summed E-state index contributed by atoms with van der Waals surface area (Å²) in [6.45, 7) is 8.22. The first-order valence-corrected chi connectivity index (χ1v) is 8.48. The summed E-state index contributed by atoms with van der Waals surface area (Å²) in [5, 5.41) is 0.965. The van der Waals surface area contributed by atoms with E-state index in [2.05, 4.69) is 60.7 Å². The molecule has 0 radical (unpaired) electrons. The van der Waals surface area contributed by atoms with E-state index in [9.17, 15) is 0 Å². The van der Waals surface area contributed by atoms with Crippen molar-refractivity contribution < 1.29 is 9.31 Å². The minimum atomic E-state index is -0.376. The second-order valence-corrected chi connectivity index (χ2v) is 7.91. The van der Waals surface area contributed by atoms with Crippen molar-refractivity contribution in [2.45, 2.75) is 38.9 Å². The second kappa shape index (κ2) is 5.20. The molecule has 1 aliphatic heterocycles. The van der Waals surface area contributed by atoms with Crippen molar-refractivity contribution in [3.05, 3.63) is 34.9 Å². The van der Waals surface area contributed by atoms with Gasteiger partial charge >= 0.3 is 7.12 Å². The zero-order chi connectivity index (χ0) is 15.3. The molecule has 0 N–H and O–H groups in total. The summed E-state index contributed by atoms with van der Waals surface area (Å²) in [5.74, 6) is 0. The van der Waals surface area contributed by atoms with E-state index in [1.54, 1.807) is 11.3 Å². The van der Waals surface area contributed by atoms with Gasteiger partial charge in [0.2, 0.25) is 0 Å². The number of aromatic nitrogens is 1. The third-order valence-electron chi connectivity index (χ3n) is 4.10. The van der Waals surface area contributed by atoms with Gasteiger partial charge in [0.25, 0.3) is 0 Å². The fourth-order valence-electron chi connectivity index (χ4n) is 2.11. The van der Waals surface area contributed by atoms with Crippen LogP contribution in [0.3, 0.4) is 0 Å². The quantitative estimate of drug-likeness (QED) is 0.757. The SMILES string of the molecule is CC1(C)OB(c2sc(-c3ccccc3)nc2Br)OC1(C)C. The Kier molecular flexibility index (Phi) is 3.77. The molecule has 2 aromatic rings. The minimum Gasteiger partial charge on any atom is -0.399 e. The molecule has 6 heteroatoms. The lowest BCUT2D eigenvalue weighted by atomic mass is 9.89. The second-order valence-electron chi connectivity index (χ2n) is 6.13. The van der Waals surface area contributed by atoms with Gasteiger partial charge < -0.3 is 9.31 Å². The number of nitrogens with zero attached hydrogens (tertiary/aromatic N) is 1. The van der Waals surface area contributed by atoms with Crippen LogP contribution in [0.15, 0.2) is 34.9 Å². The Morgan fingerprint density at radius 3 is 2.19 bits per heavy atom. The average Bonchev–Trinajstić information content (AvgIpc) is 2.89. The maximum atomic E-state index is 6.10. The predicted octanol–water partition coefficient (Wildman–Crippen LogP) is 3.87. The van der Waals surface area contributed by atoms with Crippen LogP contribution in [0, 0.1) is 0 Å². The van der Waals surface area contributed by atoms with E-state index in [1.165, 1.54) is 0 Å². The highest BCUT2D eigenvalue weighted by atomic mass is 79.9. The topological polar surface area (TPSA) is 31.4 Å². The Hall–Kier alpha value is -0.685. The summed E-state index contributed by atoms with van der Waals surface area (Å²) in [6.07, 6.45) is 0. The molecule has 1 fully saturated rings. The van der Waals surface area contributed by atoms with Gasteiger partial charge in [-0.15, -0.1) is 11.3 Å². The van der Waals surface area contributed by atoms with Crippen LogP contribution < -0.4 is 4.78 Å². The molecular weight excluding hydrogens is 349 g/mol. The zero-order valence-corrected chi connectivity index (χ0v) is 14.9. The fraction of sp³-hybridized carbons (Fsp3) is 0.400. The summed E-state index contributed by atoms with van der Waals surface area (Å²) in [4.78, 5) is 4.60. The molecule has 3 rings (SSSR count). The van der Waals surface area contributed by atoms with Gasteiger partial charge in [0.1, 0.15) is 9.61 Å². The largest absolute Gasteiger partial charge is 0.508 e. The van der Waals surface area contributed by atoms with Gasteiger partial charge in [-0.3, -0.25) is 0 Å². The molecule has 1 aromatic carbocycles. The lowest BCUT2D eigenvalue weighted by molar-refractivity contribution is 0.00578. The van der Waals surface area contributed by atoms with Crippen LogP contribution in [0.5, 0.6) is 0 Å². The molecule has 1 aliphatic rings. The summed E-state index contributed by atoms with van der Waals surface area (Å²) in [6, 6.07) is 10.1. The van der Waals surface area contributed by atoms with Crippen molar-refractivity contribution >= 4 is 39.2 Å². The molecule has 2 heterocycles. The van der Waals surface area contributed by atoms with Gasteiger partial charge in [-0.05, 0) is 43.6 Å². The monoisotopic (exact) mass is 365 g/mol. The van der Waals surface area contributed by atoms with Crippen molar-refractivity contribution in [3.8, 4) is 10.6 Å². The lowest BCUT2D eigenvalue weighted by Gasteiger charge is -2.32. The van der Waals surface area contributed by atoms with Gasteiger partial charge in [0.05, 0.1) is 16.0 Å². The molecule has 0 atom stereocenters. The number of hydrogen-bond donors (Lipinski definition) is 0. The molecule has 21 heavy (non-hydrogen) atoms. The highest BCUT2D eigenvalue weighted by molar-refractivity contribution is 9.10. The van der Waals surface area contributed by atoms with Crippen molar-refractivity contribution in [1.29, 1.82) is 0 Å².